The fraction of sp³-hybridized carbons (Fsp3) is 0.353. The maximum Gasteiger partial charge on any atom is 0.321 e. The van der Waals surface area contributed by atoms with E-state index in [2.05, 4.69) is 5.73 Å². The van der Waals surface area contributed by atoms with Crippen LogP contribution in [0.2, 0.25) is 0 Å². The monoisotopic (exact) mass is 272 g/mol. The highest BCUT2D eigenvalue weighted by Crippen LogP contribution is 2.22. The van der Waals surface area contributed by atoms with Crippen molar-refractivity contribution in [3.05, 3.63) is 47.7 Å². The zero-order valence-corrected chi connectivity index (χ0v) is 12.1. The van der Waals surface area contributed by atoms with E-state index in [0.29, 0.717) is 11.9 Å². The molecule has 0 amide bonds. The van der Waals surface area contributed by atoms with E-state index < -0.39 is 11.9 Å². The Kier molecular flexibility index (Phi) is 6.48. The Hall–Kier alpha value is -2.12. The quantitative estimate of drug-likeness (QED) is 0.345. The summed E-state index contributed by atoms with van der Waals surface area (Å²) in [7, 11) is 0. The van der Waals surface area contributed by atoms with Gasteiger partial charge in [0.05, 0.1) is 6.61 Å². The van der Waals surface area contributed by atoms with Gasteiger partial charge in [0.25, 0.3) is 0 Å². The molecule has 1 rings (SSSR count). The van der Waals surface area contributed by atoms with E-state index in [1.165, 1.54) is 0 Å². The summed E-state index contributed by atoms with van der Waals surface area (Å²) in [5.74, 6) is -1.19. The van der Waals surface area contributed by atoms with Crippen LogP contribution in [0.5, 0.6) is 0 Å². The van der Waals surface area contributed by atoms with Crippen LogP contribution in [0.4, 0.5) is 0 Å². The van der Waals surface area contributed by atoms with Gasteiger partial charge in [-0.1, -0.05) is 44.2 Å². The van der Waals surface area contributed by atoms with E-state index >= 15 is 0 Å². The van der Waals surface area contributed by atoms with E-state index in [-0.39, 0.29) is 12.5 Å². The molecule has 0 aliphatic heterocycles. The van der Waals surface area contributed by atoms with Crippen LogP contribution in [0.3, 0.4) is 0 Å². The third kappa shape index (κ3) is 4.52. The van der Waals surface area contributed by atoms with Crippen LogP contribution in [0.1, 0.15) is 26.3 Å². The van der Waals surface area contributed by atoms with Gasteiger partial charge in [0.1, 0.15) is 12.2 Å². The Labute approximate surface area is 120 Å². The molecule has 0 fully saturated rings. The molecular weight excluding hydrogens is 252 g/mol. The summed E-state index contributed by atoms with van der Waals surface area (Å²) in [4.78, 5) is 23.2. The average molecular weight is 272 g/mol. The van der Waals surface area contributed by atoms with E-state index in [9.17, 15) is 9.59 Å². The highest BCUT2D eigenvalue weighted by atomic mass is 16.5. The van der Waals surface area contributed by atoms with Crippen LogP contribution in [0, 0.1) is 11.8 Å². The Morgan fingerprint density at radius 1 is 1.30 bits per heavy atom. The number of rotatable bonds is 6. The maximum atomic E-state index is 11.9. The van der Waals surface area contributed by atoms with Gasteiger partial charge in [0.2, 0.25) is 0 Å². The number of benzene rings is 1. The fourth-order valence-corrected chi connectivity index (χ4v) is 1.70. The van der Waals surface area contributed by atoms with Gasteiger partial charge in [-0.15, -0.1) is 5.73 Å². The Morgan fingerprint density at radius 3 is 2.45 bits per heavy atom. The van der Waals surface area contributed by atoms with Gasteiger partial charge in [0.15, 0.2) is 0 Å². The molecule has 1 aromatic rings. The lowest BCUT2D eigenvalue weighted by Crippen LogP contribution is -2.20. The lowest BCUT2D eigenvalue weighted by Gasteiger charge is -2.12. The van der Waals surface area contributed by atoms with Crippen molar-refractivity contribution < 1.29 is 14.3 Å². The van der Waals surface area contributed by atoms with Crippen molar-refractivity contribution >= 4 is 17.8 Å². The molecule has 1 atom stereocenters. The van der Waals surface area contributed by atoms with Crippen LogP contribution < -0.4 is 0 Å². The summed E-state index contributed by atoms with van der Waals surface area (Å²) in [6, 6.07) is 9.31. The predicted octanol–water partition coefficient (Wildman–Crippen LogP) is 3.26. The molecular formula is C17H20O3. The Balaban J connectivity index is 3.27. The van der Waals surface area contributed by atoms with Crippen molar-refractivity contribution in [3.8, 4) is 0 Å². The van der Waals surface area contributed by atoms with Gasteiger partial charge in [-0.05, 0) is 24.5 Å². The summed E-state index contributed by atoms with van der Waals surface area (Å²) in [6.07, 6.45) is 2.46. The molecule has 0 saturated carbocycles. The highest BCUT2D eigenvalue weighted by Gasteiger charge is 2.24. The third-order valence-corrected chi connectivity index (χ3v) is 2.64. The van der Waals surface area contributed by atoms with Gasteiger partial charge in [-0.25, -0.2) is 0 Å². The summed E-state index contributed by atoms with van der Waals surface area (Å²) < 4.78 is 4.96. The number of esters is 1. The summed E-state index contributed by atoms with van der Waals surface area (Å²) in [5.41, 5.74) is 4.43. The molecule has 20 heavy (non-hydrogen) atoms. The molecule has 0 aliphatic carbocycles. The van der Waals surface area contributed by atoms with Gasteiger partial charge in [-0.2, -0.15) is 0 Å². The number of hydrogen-bond acceptors (Lipinski definition) is 3. The second-order valence-corrected chi connectivity index (χ2v) is 4.70. The molecule has 1 aromatic carbocycles. The number of carbonyl (C=O) groups is 2. The molecule has 0 saturated heterocycles. The number of ether oxygens (including phenoxy) is 1. The first-order chi connectivity index (χ1) is 9.60. The number of aldehydes is 1. The topological polar surface area (TPSA) is 43.4 Å². The fourth-order valence-electron chi connectivity index (χ4n) is 1.70. The van der Waals surface area contributed by atoms with Gasteiger partial charge in [0, 0.05) is 5.57 Å². The van der Waals surface area contributed by atoms with Crippen LogP contribution in [0.25, 0.3) is 5.57 Å². The summed E-state index contributed by atoms with van der Waals surface area (Å²) in [5, 5.41) is 0. The third-order valence-electron chi connectivity index (χ3n) is 2.64. The van der Waals surface area contributed by atoms with Crippen molar-refractivity contribution in [2.75, 3.05) is 6.61 Å². The molecule has 3 heteroatoms. The van der Waals surface area contributed by atoms with Crippen molar-refractivity contribution in [2.24, 2.45) is 11.8 Å². The molecule has 3 nitrogen and oxygen atoms in total. The van der Waals surface area contributed by atoms with Crippen LogP contribution in [-0.2, 0) is 14.3 Å². The molecule has 0 radical (unpaired) electrons. The SMILES string of the molecule is CCOC(=O)C(C=O)C(=C=CC(C)C)c1ccccc1. The minimum absolute atomic E-state index is 0.249. The molecule has 0 aromatic heterocycles. The predicted molar refractivity (Wildman–Crippen MR) is 79.0 cm³/mol. The average Bonchev–Trinajstić information content (AvgIpc) is 2.44. The minimum Gasteiger partial charge on any atom is -0.465 e. The maximum absolute atomic E-state index is 11.9. The molecule has 0 aliphatic rings. The number of carbonyl (C=O) groups excluding carboxylic acids is 2. The molecule has 1 unspecified atom stereocenters. The van der Waals surface area contributed by atoms with Crippen molar-refractivity contribution in [1.29, 1.82) is 0 Å². The van der Waals surface area contributed by atoms with Crippen LogP contribution in [0.15, 0.2) is 42.1 Å². The molecule has 0 N–H and O–H groups in total. The Morgan fingerprint density at radius 2 is 1.95 bits per heavy atom. The zero-order chi connectivity index (χ0) is 15.0. The largest absolute Gasteiger partial charge is 0.465 e. The second-order valence-electron chi connectivity index (χ2n) is 4.70. The standard InChI is InChI=1S/C17H20O3/c1-4-20-17(19)16(12-18)15(11-10-13(2)3)14-8-6-5-7-9-14/h5-10,12-13,16H,4H2,1-3H3. The van der Waals surface area contributed by atoms with Gasteiger partial charge >= 0.3 is 5.97 Å². The van der Waals surface area contributed by atoms with Crippen molar-refractivity contribution in [1.82, 2.24) is 0 Å². The van der Waals surface area contributed by atoms with Gasteiger partial charge in [-0.3, -0.25) is 4.79 Å². The molecule has 0 bridgehead atoms. The van der Waals surface area contributed by atoms with E-state index in [1.54, 1.807) is 6.92 Å². The second kappa shape index (κ2) is 8.13. The van der Waals surface area contributed by atoms with Crippen molar-refractivity contribution in [2.45, 2.75) is 20.8 Å². The smallest absolute Gasteiger partial charge is 0.321 e. The lowest BCUT2D eigenvalue weighted by atomic mass is 9.93. The Bertz CT molecular complexity index is 508. The van der Waals surface area contributed by atoms with E-state index in [1.807, 2.05) is 50.3 Å². The minimum atomic E-state index is -0.938. The first-order valence-electron chi connectivity index (χ1n) is 6.74. The zero-order valence-electron chi connectivity index (χ0n) is 12.1. The lowest BCUT2D eigenvalue weighted by molar-refractivity contribution is -0.146. The van der Waals surface area contributed by atoms with E-state index in [4.69, 9.17) is 4.74 Å². The van der Waals surface area contributed by atoms with E-state index in [0.717, 1.165) is 5.56 Å². The molecule has 0 spiro atoms. The first-order valence-corrected chi connectivity index (χ1v) is 6.74. The van der Waals surface area contributed by atoms with Crippen molar-refractivity contribution in [3.63, 3.8) is 0 Å². The summed E-state index contributed by atoms with van der Waals surface area (Å²) >= 11 is 0. The van der Waals surface area contributed by atoms with Crippen LogP contribution in [-0.4, -0.2) is 18.9 Å². The summed E-state index contributed by atoms with van der Waals surface area (Å²) in [6.45, 7) is 5.99. The normalized spacial score (nSPS) is 11.4. The van der Waals surface area contributed by atoms with Crippen LogP contribution >= 0.6 is 0 Å². The molecule has 106 valence electrons. The highest BCUT2D eigenvalue weighted by molar-refractivity contribution is 6.01. The molecule has 0 heterocycles. The van der Waals surface area contributed by atoms with Gasteiger partial charge < -0.3 is 9.53 Å². The first kappa shape index (κ1) is 15.9. The number of hydrogen-bond donors (Lipinski definition) is 0.